The van der Waals surface area contributed by atoms with Crippen molar-refractivity contribution in [1.82, 2.24) is 19.7 Å². The van der Waals surface area contributed by atoms with Gasteiger partial charge in [-0.05, 0) is 30.3 Å². The van der Waals surface area contributed by atoms with Gasteiger partial charge in [-0.15, -0.1) is 10.2 Å². The van der Waals surface area contributed by atoms with Crippen LogP contribution in [-0.4, -0.2) is 42.5 Å². The number of carboxylic acid groups (broad SMARTS) is 1. The molecular formula is C19H14BrN5O3S. The van der Waals surface area contributed by atoms with Crippen molar-refractivity contribution >= 4 is 67.3 Å². The van der Waals surface area contributed by atoms with E-state index >= 15 is 0 Å². The number of rotatable bonds is 5. The van der Waals surface area contributed by atoms with Crippen molar-refractivity contribution in [2.24, 2.45) is 7.05 Å². The molecule has 0 spiro atoms. The normalized spacial score (nSPS) is 11.1. The lowest BCUT2D eigenvalue weighted by molar-refractivity contribution is -0.113. The smallest absolute Gasteiger partial charge is 0.337 e. The van der Waals surface area contributed by atoms with E-state index in [-0.39, 0.29) is 22.9 Å². The Labute approximate surface area is 177 Å². The minimum Gasteiger partial charge on any atom is -0.478 e. The zero-order valence-electron chi connectivity index (χ0n) is 15.1. The molecule has 0 radical (unpaired) electrons. The zero-order valence-corrected chi connectivity index (χ0v) is 17.5. The van der Waals surface area contributed by atoms with Crippen LogP contribution in [0.25, 0.3) is 22.1 Å². The predicted octanol–water partition coefficient (Wildman–Crippen LogP) is 3.71. The molecular weight excluding hydrogens is 458 g/mol. The largest absolute Gasteiger partial charge is 0.478 e. The second-order valence-electron chi connectivity index (χ2n) is 6.17. The van der Waals surface area contributed by atoms with E-state index in [1.165, 1.54) is 6.07 Å². The summed E-state index contributed by atoms with van der Waals surface area (Å²) < 4.78 is 2.87. The number of aryl methyl sites for hydroxylation is 1. The first-order valence-corrected chi connectivity index (χ1v) is 10.3. The Balaban J connectivity index is 1.53. The number of halogens is 1. The lowest BCUT2D eigenvalue weighted by atomic mass is 10.2. The third-order valence-electron chi connectivity index (χ3n) is 4.31. The van der Waals surface area contributed by atoms with E-state index in [9.17, 15) is 14.7 Å². The van der Waals surface area contributed by atoms with Crippen molar-refractivity contribution in [3.8, 4) is 0 Å². The van der Waals surface area contributed by atoms with Crippen LogP contribution < -0.4 is 5.32 Å². The molecule has 2 N–H and O–H groups in total. The molecule has 0 aliphatic heterocycles. The maximum atomic E-state index is 12.3. The molecule has 0 atom stereocenters. The number of thioether (sulfide) groups is 1. The molecule has 4 aromatic rings. The van der Waals surface area contributed by atoms with E-state index in [0.717, 1.165) is 27.1 Å². The number of hydrogen-bond donors (Lipinski definition) is 2. The van der Waals surface area contributed by atoms with Crippen molar-refractivity contribution in [2.45, 2.75) is 5.16 Å². The molecule has 2 aromatic heterocycles. The topological polar surface area (TPSA) is 110 Å². The number of nitrogens with zero attached hydrogens (tertiary/aromatic N) is 4. The molecule has 0 bridgehead atoms. The number of benzene rings is 2. The van der Waals surface area contributed by atoms with Crippen molar-refractivity contribution in [3.63, 3.8) is 0 Å². The molecule has 0 saturated carbocycles. The number of carbonyl (C=O) groups excluding carboxylic acids is 1. The number of aromatic carboxylic acids is 1. The molecule has 8 nitrogen and oxygen atoms in total. The molecule has 1 amide bonds. The maximum Gasteiger partial charge on any atom is 0.337 e. The molecule has 0 unspecified atom stereocenters. The van der Waals surface area contributed by atoms with E-state index in [2.05, 4.69) is 36.4 Å². The zero-order chi connectivity index (χ0) is 20.5. The first-order valence-electron chi connectivity index (χ1n) is 8.47. The van der Waals surface area contributed by atoms with Gasteiger partial charge in [0, 0.05) is 16.9 Å². The summed E-state index contributed by atoms with van der Waals surface area (Å²) in [6.45, 7) is 0. The van der Waals surface area contributed by atoms with Crippen LogP contribution in [0.4, 0.5) is 5.69 Å². The quantitative estimate of drug-likeness (QED) is 0.426. The van der Waals surface area contributed by atoms with Gasteiger partial charge in [-0.1, -0.05) is 39.8 Å². The Morgan fingerprint density at radius 2 is 2.00 bits per heavy atom. The van der Waals surface area contributed by atoms with Crippen LogP contribution in [0.1, 0.15) is 10.4 Å². The average Bonchev–Trinajstić information content (AvgIpc) is 2.98. The summed E-state index contributed by atoms with van der Waals surface area (Å²) >= 11 is 4.59. The Morgan fingerprint density at radius 3 is 2.79 bits per heavy atom. The second-order valence-corrected chi connectivity index (χ2v) is 8.03. The lowest BCUT2D eigenvalue weighted by Gasteiger charge is -2.07. The molecule has 2 aromatic carbocycles. The minimum absolute atomic E-state index is 0.0244. The molecule has 29 heavy (non-hydrogen) atoms. The number of carbonyl (C=O) groups is 2. The van der Waals surface area contributed by atoms with Crippen LogP contribution in [0.3, 0.4) is 0 Å². The average molecular weight is 472 g/mol. The van der Waals surface area contributed by atoms with E-state index < -0.39 is 5.97 Å². The van der Waals surface area contributed by atoms with Gasteiger partial charge in [0.2, 0.25) is 11.1 Å². The summed E-state index contributed by atoms with van der Waals surface area (Å²) in [5.41, 5.74) is 2.63. The third-order valence-corrected chi connectivity index (χ3v) is 5.64. The van der Waals surface area contributed by atoms with Gasteiger partial charge in [0.05, 0.1) is 22.5 Å². The number of carboxylic acids is 1. The minimum atomic E-state index is -1.10. The van der Waals surface area contributed by atoms with E-state index in [0.29, 0.717) is 16.3 Å². The third kappa shape index (κ3) is 3.81. The standard InChI is InChI=1S/C19H14BrN5O3S/c1-25-14-7-6-10(20)8-12(14)16-17(25)22-19(24-23-16)29-9-15(26)21-13-5-3-2-4-11(13)18(27)28/h2-8H,9H2,1H3,(H,21,26)(H,27,28). The van der Waals surface area contributed by atoms with Crippen LogP contribution in [0, 0.1) is 0 Å². The van der Waals surface area contributed by atoms with E-state index in [1.807, 2.05) is 29.8 Å². The Bertz CT molecular complexity index is 1270. The van der Waals surface area contributed by atoms with Crippen molar-refractivity contribution in [2.75, 3.05) is 11.1 Å². The number of hydrogen-bond acceptors (Lipinski definition) is 6. The summed E-state index contributed by atoms with van der Waals surface area (Å²) in [6.07, 6.45) is 0. The second kappa shape index (κ2) is 7.80. The van der Waals surface area contributed by atoms with Gasteiger partial charge in [-0.3, -0.25) is 4.79 Å². The number of anilines is 1. The molecule has 10 heteroatoms. The highest BCUT2D eigenvalue weighted by atomic mass is 79.9. The fourth-order valence-electron chi connectivity index (χ4n) is 2.97. The highest BCUT2D eigenvalue weighted by Gasteiger charge is 2.15. The van der Waals surface area contributed by atoms with Gasteiger partial charge in [0.25, 0.3) is 0 Å². The summed E-state index contributed by atoms with van der Waals surface area (Å²) in [5, 5.41) is 21.5. The van der Waals surface area contributed by atoms with E-state index in [1.54, 1.807) is 18.2 Å². The Kier molecular flexibility index (Phi) is 5.20. The van der Waals surface area contributed by atoms with Crippen LogP contribution in [0.5, 0.6) is 0 Å². The fraction of sp³-hybridized carbons (Fsp3) is 0.105. The van der Waals surface area contributed by atoms with Crippen molar-refractivity contribution in [1.29, 1.82) is 0 Å². The van der Waals surface area contributed by atoms with Gasteiger partial charge >= 0.3 is 5.97 Å². The van der Waals surface area contributed by atoms with Crippen LogP contribution in [-0.2, 0) is 11.8 Å². The molecule has 0 saturated heterocycles. The monoisotopic (exact) mass is 471 g/mol. The highest BCUT2D eigenvalue weighted by Crippen LogP contribution is 2.28. The Morgan fingerprint density at radius 1 is 1.21 bits per heavy atom. The predicted molar refractivity (Wildman–Crippen MR) is 114 cm³/mol. The number of aromatic nitrogens is 4. The van der Waals surface area contributed by atoms with Gasteiger partial charge in [-0.2, -0.15) is 0 Å². The lowest BCUT2D eigenvalue weighted by Crippen LogP contribution is -2.16. The highest BCUT2D eigenvalue weighted by molar-refractivity contribution is 9.10. The molecule has 0 fully saturated rings. The van der Waals surface area contributed by atoms with Crippen molar-refractivity contribution in [3.05, 3.63) is 52.5 Å². The first kappa shape index (κ1) is 19.3. The molecule has 0 aliphatic rings. The van der Waals surface area contributed by atoms with Gasteiger partial charge in [0.15, 0.2) is 5.65 Å². The van der Waals surface area contributed by atoms with Gasteiger partial charge in [0.1, 0.15) is 5.52 Å². The van der Waals surface area contributed by atoms with Crippen molar-refractivity contribution < 1.29 is 14.7 Å². The molecule has 4 rings (SSSR count). The number of amides is 1. The van der Waals surface area contributed by atoms with Gasteiger partial charge < -0.3 is 15.0 Å². The summed E-state index contributed by atoms with van der Waals surface area (Å²) in [5.74, 6) is -1.43. The fourth-order valence-corrected chi connectivity index (χ4v) is 3.92. The molecule has 146 valence electrons. The van der Waals surface area contributed by atoms with Crippen LogP contribution in [0.15, 0.2) is 52.1 Å². The Hall–Kier alpha value is -2.98. The molecule has 2 heterocycles. The first-order chi connectivity index (χ1) is 13.9. The maximum absolute atomic E-state index is 12.3. The number of fused-ring (bicyclic) bond motifs is 3. The van der Waals surface area contributed by atoms with Crippen LogP contribution >= 0.6 is 27.7 Å². The summed E-state index contributed by atoms with van der Waals surface area (Å²) in [6, 6.07) is 12.1. The van der Waals surface area contributed by atoms with Gasteiger partial charge in [-0.25, -0.2) is 9.78 Å². The summed E-state index contributed by atoms with van der Waals surface area (Å²) in [7, 11) is 1.90. The van der Waals surface area contributed by atoms with E-state index in [4.69, 9.17) is 0 Å². The molecule has 0 aliphatic carbocycles. The summed E-state index contributed by atoms with van der Waals surface area (Å²) in [4.78, 5) is 28.0. The SMILES string of the molecule is Cn1c2ccc(Br)cc2c2nnc(SCC(=O)Nc3ccccc3C(=O)O)nc21. The van der Waals surface area contributed by atoms with Crippen LogP contribution in [0.2, 0.25) is 0 Å². The number of nitrogens with one attached hydrogen (secondary N) is 1. The number of para-hydroxylation sites is 1.